The average molecular weight is 516 g/mol. The summed E-state index contributed by atoms with van der Waals surface area (Å²) in [6.07, 6.45) is 4.58. The third-order valence-electron chi connectivity index (χ3n) is 6.12. The van der Waals surface area contributed by atoms with Gasteiger partial charge in [0.15, 0.2) is 6.61 Å². The molecular formula is C31H30ClNO4. The van der Waals surface area contributed by atoms with Gasteiger partial charge < -0.3 is 14.6 Å². The number of hydrogen-bond donors (Lipinski definition) is 1. The summed E-state index contributed by atoms with van der Waals surface area (Å²) < 4.78 is 11.3. The van der Waals surface area contributed by atoms with Gasteiger partial charge in [0.05, 0.1) is 6.54 Å². The van der Waals surface area contributed by atoms with Gasteiger partial charge in [-0.1, -0.05) is 47.7 Å². The van der Waals surface area contributed by atoms with Gasteiger partial charge in [0.1, 0.15) is 18.1 Å². The molecule has 4 rings (SSSR count). The number of hydrogen-bond acceptors (Lipinski definition) is 4. The zero-order valence-electron chi connectivity index (χ0n) is 20.9. The summed E-state index contributed by atoms with van der Waals surface area (Å²) in [5.74, 6) is 6.76. The smallest absolute Gasteiger partial charge is 0.341 e. The maximum atomic E-state index is 10.8. The van der Waals surface area contributed by atoms with Crippen molar-refractivity contribution in [2.75, 3.05) is 32.8 Å². The van der Waals surface area contributed by atoms with Crippen LogP contribution in [0.3, 0.4) is 0 Å². The zero-order chi connectivity index (χ0) is 26.0. The first-order valence-corrected chi connectivity index (χ1v) is 12.7. The van der Waals surface area contributed by atoms with Crippen molar-refractivity contribution in [1.82, 2.24) is 4.90 Å². The van der Waals surface area contributed by atoms with Crippen LogP contribution in [-0.4, -0.2) is 48.8 Å². The molecule has 3 aromatic carbocycles. The molecule has 37 heavy (non-hydrogen) atoms. The Kier molecular flexibility index (Phi) is 9.26. The van der Waals surface area contributed by atoms with E-state index in [4.69, 9.17) is 26.2 Å². The molecule has 0 aromatic heterocycles. The van der Waals surface area contributed by atoms with Gasteiger partial charge in [0.25, 0.3) is 0 Å². The SMILES string of the molecule is Cc1cc(OCC=C(c2ccc(Cl)cc2)c2ccc(C#CCN3CCCC3)cc2)ccc1OCC(=O)O. The summed E-state index contributed by atoms with van der Waals surface area (Å²) in [5.41, 5.74) is 4.93. The van der Waals surface area contributed by atoms with Crippen molar-refractivity contribution < 1.29 is 19.4 Å². The van der Waals surface area contributed by atoms with Crippen LogP contribution in [0.2, 0.25) is 5.02 Å². The van der Waals surface area contributed by atoms with Crippen molar-refractivity contribution in [3.8, 4) is 23.3 Å². The molecule has 0 atom stereocenters. The van der Waals surface area contributed by atoms with Gasteiger partial charge in [-0.25, -0.2) is 4.79 Å². The van der Waals surface area contributed by atoms with E-state index in [0.29, 0.717) is 23.1 Å². The molecule has 0 amide bonds. The number of aryl methyl sites for hydroxylation is 1. The Bertz CT molecular complexity index is 1300. The summed E-state index contributed by atoms with van der Waals surface area (Å²) in [7, 11) is 0. The highest BCUT2D eigenvalue weighted by molar-refractivity contribution is 6.30. The van der Waals surface area contributed by atoms with Crippen LogP contribution in [0.1, 0.15) is 35.1 Å². The molecule has 0 spiro atoms. The van der Waals surface area contributed by atoms with Crippen LogP contribution in [0.5, 0.6) is 11.5 Å². The highest BCUT2D eigenvalue weighted by Crippen LogP contribution is 2.27. The Morgan fingerprint density at radius 3 is 2.32 bits per heavy atom. The maximum absolute atomic E-state index is 10.8. The number of ether oxygens (including phenoxy) is 2. The fraction of sp³-hybridized carbons (Fsp3) is 0.258. The molecule has 1 saturated heterocycles. The number of carboxylic acid groups (broad SMARTS) is 1. The fourth-order valence-corrected chi connectivity index (χ4v) is 4.32. The number of benzene rings is 3. The van der Waals surface area contributed by atoms with Gasteiger partial charge in [0, 0.05) is 10.6 Å². The van der Waals surface area contributed by atoms with E-state index in [-0.39, 0.29) is 6.61 Å². The molecule has 0 saturated carbocycles. The van der Waals surface area contributed by atoms with Crippen LogP contribution in [0.15, 0.2) is 72.8 Å². The third-order valence-corrected chi connectivity index (χ3v) is 6.37. The first-order chi connectivity index (χ1) is 18.0. The molecule has 1 aliphatic heterocycles. The normalized spacial score (nSPS) is 13.6. The van der Waals surface area contributed by atoms with Crippen molar-refractivity contribution in [3.63, 3.8) is 0 Å². The van der Waals surface area contributed by atoms with Gasteiger partial charge >= 0.3 is 5.97 Å². The predicted molar refractivity (Wildman–Crippen MR) is 147 cm³/mol. The quantitative estimate of drug-likeness (QED) is 0.350. The molecule has 0 radical (unpaired) electrons. The largest absolute Gasteiger partial charge is 0.489 e. The van der Waals surface area contributed by atoms with E-state index < -0.39 is 5.97 Å². The van der Waals surface area contributed by atoms with Crippen molar-refractivity contribution in [3.05, 3.63) is 100 Å². The van der Waals surface area contributed by atoms with Gasteiger partial charge in [-0.05, 0) is 104 Å². The topological polar surface area (TPSA) is 59.0 Å². The summed E-state index contributed by atoms with van der Waals surface area (Å²) in [6, 6.07) is 21.3. The van der Waals surface area contributed by atoms with E-state index in [1.807, 2.05) is 43.3 Å². The lowest BCUT2D eigenvalue weighted by molar-refractivity contribution is -0.139. The first-order valence-electron chi connectivity index (χ1n) is 12.3. The standard InChI is InChI=1S/C31H30ClNO4/c1-23-21-28(14-15-30(23)37-22-31(34)35)36-20-16-29(26-10-12-27(32)13-11-26)25-8-6-24(7-9-25)5-4-19-33-17-2-3-18-33/h6-16,21H,2-3,17-20,22H2,1H3,(H,34,35). The molecule has 0 unspecified atom stereocenters. The van der Waals surface area contributed by atoms with Crippen molar-refractivity contribution >= 4 is 23.1 Å². The van der Waals surface area contributed by atoms with E-state index in [1.165, 1.54) is 12.8 Å². The van der Waals surface area contributed by atoms with Crippen molar-refractivity contribution in [1.29, 1.82) is 0 Å². The summed E-state index contributed by atoms with van der Waals surface area (Å²) in [5, 5.41) is 9.50. The summed E-state index contributed by atoms with van der Waals surface area (Å²) in [4.78, 5) is 13.1. The Hall–Kier alpha value is -3.72. The first kappa shape index (κ1) is 26.3. The van der Waals surface area contributed by atoms with E-state index in [1.54, 1.807) is 12.1 Å². The second-order valence-electron chi connectivity index (χ2n) is 8.91. The molecule has 0 bridgehead atoms. The lowest BCUT2D eigenvalue weighted by Crippen LogP contribution is -2.18. The Morgan fingerprint density at radius 2 is 1.68 bits per heavy atom. The van der Waals surface area contributed by atoms with E-state index >= 15 is 0 Å². The minimum absolute atomic E-state index is 0.351. The van der Waals surface area contributed by atoms with Crippen molar-refractivity contribution in [2.45, 2.75) is 19.8 Å². The number of likely N-dealkylation sites (tertiary alicyclic amines) is 1. The second-order valence-corrected chi connectivity index (χ2v) is 9.34. The molecule has 1 heterocycles. The molecule has 1 aliphatic rings. The number of rotatable bonds is 9. The average Bonchev–Trinajstić information content (AvgIpc) is 3.41. The predicted octanol–water partition coefficient (Wildman–Crippen LogP) is 6.07. The highest BCUT2D eigenvalue weighted by Gasteiger charge is 2.09. The van der Waals surface area contributed by atoms with Crippen molar-refractivity contribution in [2.24, 2.45) is 0 Å². The Balaban J connectivity index is 1.47. The minimum Gasteiger partial charge on any atom is -0.489 e. The van der Waals surface area contributed by atoms with Gasteiger partial charge in [-0.3, -0.25) is 4.90 Å². The van der Waals surface area contributed by atoms with E-state index in [2.05, 4.69) is 41.0 Å². The van der Waals surface area contributed by atoms with E-state index in [9.17, 15) is 4.79 Å². The number of aliphatic carboxylic acids is 1. The maximum Gasteiger partial charge on any atom is 0.341 e. The molecule has 0 aliphatic carbocycles. The molecule has 3 aromatic rings. The summed E-state index contributed by atoms with van der Waals surface area (Å²) >= 11 is 6.12. The Morgan fingerprint density at radius 1 is 1.00 bits per heavy atom. The second kappa shape index (κ2) is 13.0. The highest BCUT2D eigenvalue weighted by atomic mass is 35.5. The third kappa shape index (κ3) is 7.88. The number of carboxylic acids is 1. The fourth-order valence-electron chi connectivity index (χ4n) is 4.19. The minimum atomic E-state index is -1.01. The number of nitrogens with zero attached hydrogens (tertiary/aromatic N) is 1. The van der Waals surface area contributed by atoms with Crippen LogP contribution in [0, 0.1) is 18.8 Å². The Labute approximate surface area is 223 Å². The molecular weight excluding hydrogens is 486 g/mol. The monoisotopic (exact) mass is 515 g/mol. The van der Waals surface area contributed by atoms with Crippen LogP contribution >= 0.6 is 11.6 Å². The van der Waals surface area contributed by atoms with Crippen LogP contribution < -0.4 is 9.47 Å². The molecule has 5 nitrogen and oxygen atoms in total. The molecule has 190 valence electrons. The van der Waals surface area contributed by atoms with Gasteiger partial charge in [-0.2, -0.15) is 0 Å². The van der Waals surface area contributed by atoms with Crippen LogP contribution in [0.25, 0.3) is 5.57 Å². The molecule has 1 N–H and O–H groups in total. The summed E-state index contributed by atoms with van der Waals surface area (Å²) in [6.45, 7) is 4.94. The van der Waals surface area contributed by atoms with Gasteiger partial charge in [-0.15, -0.1) is 0 Å². The number of carbonyl (C=O) groups is 1. The molecule has 6 heteroatoms. The number of halogens is 1. The van der Waals surface area contributed by atoms with Crippen LogP contribution in [0.4, 0.5) is 0 Å². The zero-order valence-corrected chi connectivity index (χ0v) is 21.6. The lowest BCUT2D eigenvalue weighted by Gasteiger charge is -2.12. The lowest BCUT2D eigenvalue weighted by atomic mass is 9.97. The van der Waals surface area contributed by atoms with Crippen LogP contribution in [-0.2, 0) is 4.79 Å². The van der Waals surface area contributed by atoms with E-state index in [0.717, 1.165) is 47.5 Å². The van der Waals surface area contributed by atoms with Gasteiger partial charge in [0.2, 0.25) is 0 Å². The molecule has 1 fully saturated rings.